The first-order chi connectivity index (χ1) is 17.6. The van der Waals surface area contributed by atoms with E-state index in [-0.39, 0.29) is 43.6 Å². The molecule has 0 aliphatic rings. The molecule has 0 aliphatic carbocycles. The monoisotopic (exact) mass is 535 g/mol. The highest BCUT2D eigenvalue weighted by Gasteiger charge is 2.26. The molecule has 2 aromatic rings. The molecule has 37 heavy (non-hydrogen) atoms. The lowest BCUT2D eigenvalue weighted by molar-refractivity contribution is -0.140. The van der Waals surface area contributed by atoms with Crippen LogP contribution in [0.2, 0.25) is 0 Å². The maximum absolute atomic E-state index is 13.4. The second-order valence-corrected chi connectivity index (χ2v) is 10.7. The van der Waals surface area contributed by atoms with Gasteiger partial charge in [0, 0.05) is 26.1 Å². The molecule has 0 aliphatic heterocycles. The van der Waals surface area contributed by atoms with E-state index in [2.05, 4.69) is 5.32 Å². The first-order valence-corrected chi connectivity index (χ1v) is 14.4. The van der Waals surface area contributed by atoms with Crippen molar-refractivity contribution in [1.29, 1.82) is 0 Å². The molecule has 0 aromatic heterocycles. The number of hydrogen-bond acceptors (Lipinski definition) is 5. The zero-order chi connectivity index (χ0) is 27.4. The summed E-state index contributed by atoms with van der Waals surface area (Å²) in [5, 5.41) is 2.85. The van der Waals surface area contributed by atoms with E-state index in [1.807, 2.05) is 13.8 Å². The van der Waals surface area contributed by atoms with Gasteiger partial charge < -0.3 is 15.0 Å². The van der Waals surface area contributed by atoms with Crippen LogP contribution in [0.5, 0.6) is 5.75 Å². The van der Waals surface area contributed by atoms with Crippen LogP contribution < -0.4 is 14.4 Å². The number of ether oxygens (including phenoxy) is 1. The lowest BCUT2D eigenvalue weighted by Gasteiger charge is -2.29. The molecule has 2 amide bonds. The van der Waals surface area contributed by atoms with Gasteiger partial charge in [0.15, 0.2) is 0 Å². The van der Waals surface area contributed by atoms with Crippen LogP contribution in [0.4, 0.5) is 10.1 Å². The topological polar surface area (TPSA) is 96.0 Å². The Bertz CT molecular complexity index is 1110. The van der Waals surface area contributed by atoms with Crippen LogP contribution in [-0.2, 0) is 26.2 Å². The van der Waals surface area contributed by atoms with Gasteiger partial charge in [-0.3, -0.25) is 13.9 Å². The standard InChI is InChI=1S/C27H38FN3O5S/c1-5-7-18-29-27(33)21(3)30(20-22-10-12-23(28)13-11-22)26(32)9-8-19-31(37(4,34)35)24-14-16-25(17-15-24)36-6-2/h10-17,21H,5-9,18-20H2,1-4H3,(H,29,33)/t21-/m1/s1. The molecule has 204 valence electrons. The maximum Gasteiger partial charge on any atom is 0.242 e. The van der Waals surface area contributed by atoms with E-state index in [9.17, 15) is 22.4 Å². The summed E-state index contributed by atoms with van der Waals surface area (Å²) in [4.78, 5) is 27.4. The van der Waals surface area contributed by atoms with Gasteiger partial charge in [-0.2, -0.15) is 0 Å². The Morgan fingerprint density at radius 1 is 1.03 bits per heavy atom. The normalized spacial score (nSPS) is 12.0. The van der Waals surface area contributed by atoms with Crippen molar-refractivity contribution in [1.82, 2.24) is 10.2 Å². The van der Waals surface area contributed by atoms with E-state index in [1.54, 1.807) is 43.3 Å². The number of anilines is 1. The summed E-state index contributed by atoms with van der Waals surface area (Å²) < 4.78 is 45.0. The van der Waals surface area contributed by atoms with Gasteiger partial charge in [-0.1, -0.05) is 25.5 Å². The summed E-state index contributed by atoms with van der Waals surface area (Å²) in [7, 11) is -3.59. The summed E-state index contributed by atoms with van der Waals surface area (Å²) in [6.45, 7) is 6.79. The number of benzene rings is 2. The number of rotatable bonds is 15. The molecule has 10 heteroatoms. The third-order valence-electron chi connectivity index (χ3n) is 5.85. The Hall–Kier alpha value is -3.14. The van der Waals surface area contributed by atoms with Crippen molar-refractivity contribution in [2.45, 2.75) is 59.0 Å². The number of carbonyl (C=O) groups excluding carboxylic acids is 2. The van der Waals surface area contributed by atoms with Crippen LogP contribution in [0.15, 0.2) is 48.5 Å². The second-order valence-electron chi connectivity index (χ2n) is 8.83. The van der Waals surface area contributed by atoms with E-state index in [1.165, 1.54) is 21.3 Å². The molecule has 2 aromatic carbocycles. The predicted molar refractivity (Wildman–Crippen MR) is 143 cm³/mol. The lowest BCUT2D eigenvalue weighted by Crippen LogP contribution is -2.48. The molecular formula is C27H38FN3O5S. The highest BCUT2D eigenvalue weighted by molar-refractivity contribution is 7.92. The predicted octanol–water partition coefficient (Wildman–Crippen LogP) is 4.10. The summed E-state index contributed by atoms with van der Waals surface area (Å²) in [6, 6.07) is 11.8. The number of halogens is 1. The van der Waals surface area contributed by atoms with Crippen LogP contribution in [-0.4, -0.2) is 57.1 Å². The maximum atomic E-state index is 13.4. The molecule has 0 unspecified atom stereocenters. The largest absolute Gasteiger partial charge is 0.494 e. The van der Waals surface area contributed by atoms with Crippen molar-refractivity contribution in [3.63, 3.8) is 0 Å². The zero-order valence-electron chi connectivity index (χ0n) is 22.1. The van der Waals surface area contributed by atoms with Gasteiger partial charge in [-0.15, -0.1) is 0 Å². The number of amides is 2. The van der Waals surface area contributed by atoms with Crippen molar-refractivity contribution in [3.8, 4) is 5.75 Å². The summed E-state index contributed by atoms with van der Waals surface area (Å²) in [6.07, 6.45) is 3.17. The number of nitrogens with one attached hydrogen (secondary N) is 1. The van der Waals surface area contributed by atoms with Crippen molar-refractivity contribution in [3.05, 3.63) is 59.9 Å². The molecule has 0 saturated heterocycles. The molecule has 1 N–H and O–H groups in total. The zero-order valence-corrected chi connectivity index (χ0v) is 22.9. The molecule has 0 bridgehead atoms. The van der Waals surface area contributed by atoms with Gasteiger partial charge in [0.2, 0.25) is 21.8 Å². The summed E-state index contributed by atoms with van der Waals surface area (Å²) in [5.41, 5.74) is 1.17. The Labute approximate surface area is 219 Å². The molecule has 1 atom stereocenters. The van der Waals surface area contributed by atoms with E-state index < -0.39 is 16.1 Å². The van der Waals surface area contributed by atoms with Crippen molar-refractivity contribution < 1.29 is 27.1 Å². The average molecular weight is 536 g/mol. The number of carbonyl (C=O) groups is 2. The van der Waals surface area contributed by atoms with Crippen LogP contribution >= 0.6 is 0 Å². The van der Waals surface area contributed by atoms with Crippen molar-refractivity contribution >= 4 is 27.5 Å². The van der Waals surface area contributed by atoms with Crippen LogP contribution in [0, 0.1) is 5.82 Å². The van der Waals surface area contributed by atoms with Gasteiger partial charge in [0.05, 0.1) is 18.6 Å². The first kappa shape index (κ1) is 30.1. The minimum atomic E-state index is -3.59. The van der Waals surface area contributed by atoms with Crippen LogP contribution in [0.3, 0.4) is 0 Å². The lowest BCUT2D eigenvalue weighted by atomic mass is 10.1. The summed E-state index contributed by atoms with van der Waals surface area (Å²) >= 11 is 0. The number of unbranched alkanes of at least 4 members (excludes halogenated alkanes) is 1. The SMILES string of the molecule is CCCCNC(=O)[C@@H](C)N(Cc1ccc(F)cc1)C(=O)CCCN(c1ccc(OCC)cc1)S(C)(=O)=O. The summed E-state index contributed by atoms with van der Waals surface area (Å²) in [5.74, 6) is -0.307. The molecule has 0 saturated carbocycles. The average Bonchev–Trinajstić information content (AvgIpc) is 2.86. The molecule has 8 nitrogen and oxygen atoms in total. The van der Waals surface area contributed by atoms with Crippen molar-refractivity contribution in [2.75, 3.05) is 30.3 Å². The molecule has 0 heterocycles. The van der Waals surface area contributed by atoms with E-state index in [0.29, 0.717) is 30.2 Å². The second kappa shape index (κ2) is 14.6. The highest BCUT2D eigenvalue weighted by Crippen LogP contribution is 2.22. The molecular weight excluding hydrogens is 497 g/mol. The number of nitrogens with zero attached hydrogens (tertiary/aromatic N) is 2. The first-order valence-electron chi connectivity index (χ1n) is 12.6. The van der Waals surface area contributed by atoms with E-state index in [0.717, 1.165) is 19.1 Å². The Kier molecular flexibility index (Phi) is 11.8. The number of hydrogen-bond donors (Lipinski definition) is 1. The highest BCUT2D eigenvalue weighted by atomic mass is 32.2. The van der Waals surface area contributed by atoms with Crippen LogP contribution in [0.1, 0.15) is 52.0 Å². The van der Waals surface area contributed by atoms with Gasteiger partial charge >= 0.3 is 0 Å². The fourth-order valence-electron chi connectivity index (χ4n) is 3.78. The molecule has 0 fully saturated rings. The van der Waals surface area contributed by atoms with Gasteiger partial charge in [-0.05, 0) is 68.7 Å². The Morgan fingerprint density at radius 2 is 1.68 bits per heavy atom. The minimum absolute atomic E-state index is 0.0385. The Morgan fingerprint density at radius 3 is 2.24 bits per heavy atom. The van der Waals surface area contributed by atoms with Crippen LogP contribution in [0.25, 0.3) is 0 Å². The molecule has 0 spiro atoms. The number of sulfonamides is 1. The fraction of sp³-hybridized carbons (Fsp3) is 0.481. The van der Waals surface area contributed by atoms with E-state index in [4.69, 9.17) is 4.74 Å². The van der Waals surface area contributed by atoms with Gasteiger partial charge in [0.25, 0.3) is 0 Å². The smallest absolute Gasteiger partial charge is 0.242 e. The quantitative estimate of drug-likeness (QED) is 0.347. The minimum Gasteiger partial charge on any atom is -0.494 e. The third kappa shape index (κ3) is 9.68. The van der Waals surface area contributed by atoms with E-state index >= 15 is 0 Å². The van der Waals surface area contributed by atoms with Crippen molar-refractivity contribution in [2.24, 2.45) is 0 Å². The van der Waals surface area contributed by atoms with Gasteiger partial charge in [-0.25, -0.2) is 12.8 Å². The fourth-order valence-corrected chi connectivity index (χ4v) is 4.75. The Balaban J connectivity index is 2.12. The van der Waals surface area contributed by atoms with Gasteiger partial charge in [0.1, 0.15) is 17.6 Å². The molecule has 2 rings (SSSR count). The molecule has 0 radical (unpaired) electrons. The third-order valence-corrected chi connectivity index (χ3v) is 7.04.